The van der Waals surface area contributed by atoms with Gasteiger partial charge < -0.3 is 11.1 Å². The first kappa shape index (κ1) is 9.99. The molecule has 3 N–H and O–H groups in total. The second kappa shape index (κ2) is 4.23. The van der Waals surface area contributed by atoms with E-state index >= 15 is 0 Å². The zero-order chi connectivity index (χ0) is 9.84. The first-order valence-electron chi connectivity index (χ1n) is 4.55. The zero-order valence-corrected chi connectivity index (χ0v) is 8.41. The van der Waals surface area contributed by atoms with Crippen molar-refractivity contribution in [2.75, 3.05) is 5.32 Å². The fraction of sp³-hybridized carbons (Fsp3) is 0.500. The third-order valence-corrected chi connectivity index (χ3v) is 2.16. The first-order chi connectivity index (χ1) is 6.11. The van der Waals surface area contributed by atoms with E-state index in [9.17, 15) is 0 Å². The topological polar surface area (TPSA) is 50.9 Å². The molecule has 1 heterocycles. The Labute approximate surface area is 79.4 Å². The first-order valence-corrected chi connectivity index (χ1v) is 4.55. The van der Waals surface area contributed by atoms with Gasteiger partial charge in [0.2, 0.25) is 0 Å². The predicted octanol–water partition coefficient (Wildman–Crippen LogP) is 1.54. The average Bonchev–Trinajstić information content (AvgIpc) is 2.08. The molecule has 13 heavy (non-hydrogen) atoms. The van der Waals surface area contributed by atoms with Gasteiger partial charge in [-0.05, 0) is 32.4 Å². The lowest BCUT2D eigenvalue weighted by molar-refractivity contribution is 0.635. The summed E-state index contributed by atoms with van der Waals surface area (Å²) in [6, 6.07) is 4.33. The van der Waals surface area contributed by atoms with Crippen LogP contribution in [0.25, 0.3) is 0 Å². The number of hydrogen-bond donors (Lipinski definition) is 2. The van der Waals surface area contributed by atoms with Crippen LogP contribution in [0.5, 0.6) is 0 Å². The third kappa shape index (κ3) is 2.70. The Kier molecular flexibility index (Phi) is 3.25. The van der Waals surface area contributed by atoms with Crippen molar-refractivity contribution in [1.29, 1.82) is 0 Å². The summed E-state index contributed by atoms with van der Waals surface area (Å²) in [4.78, 5) is 4.23. The van der Waals surface area contributed by atoms with Crippen LogP contribution in [0.3, 0.4) is 0 Å². The van der Waals surface area contributed by atoms with Crippen LogP contribution in [0.4, 0.5) is 5.82 Å². The Morgan fingerprint density at radius 3 is 2.69 bits per heavy atom. The van der Waals surface area contributed by atoms with Crippen LogP contribution in [0, 0.1) is 6.92 Å². The molecule has 1 rings (SSSR count). The average molecular weight is 179 g/mol. The van der Waals surface area contributed by atoms with E-state index in [1.807, 2.05) is 26.0 Å². The molecule has 0 radical (unpaired) electrons. The van der Waals surface area contributed by atoms with Crippen molar-refractivity contribution in [3.8, 4) is 0 Å². The van der Waals surface area contributed by atoms with E-state index in [4.69, 9.17) is 5.73 Å². The Hall–Kier alpha value is -1.09. The molecule has 0 fully saturated rings. The lowest BCUT2D eigenvalue weighted by atomic mass is 10.2. The summed E-state index contributed by atoms with van der Waals surface area (Å²) in [5, 5.41) is 3.27. The monoisotopic (exact) mass is 179 g/mol. The number of nitrogens with two attached hydrogens (primary N) is 1. The smallest absolute Gasteiger partial charge is 0.129 e. The van der Waals surface area contributed by atoms with Gasteiger partial charge in [-0.3, -0.25) is 0 Å². The molecule has 1 aromatic heterocycles. The van der Waals surface area contributed by atoms with Crippen LogP contribution < -0.4 is 11.1 Å². The summed E-state index contributed by atoms with van der Waals surface area (Å²) >= 11 is 0. The Balaban J connectivity index is 2.69. The molecule has 0 aromatic carbocycles. The zero-order valence-electron chi connectivity index (χ0n) is 8.41. The maximum absolute atomic E-state index is 5.74. The molecule has 1 aromatic rings. The third-order valence-electron chi connectivity index (χ3n) is 2.16. The van der Waals surface area contributed by atoms with E-state index < -0.39 is 0 Å². The van der Waals surface area contributed by atoms with Gasteiger partial charge in [0.05, 0.1) is 0 Å². The Morgan fingerprint density at radius 2 is 2.15 bits per heavy atom. The molecule has 3 heteroatoms. The second-order valence-corrected chi connectivity index (χ2v) is 3.46. The van der Waals surface area contributed by atoms with Crippen molar-refractivity contribution in [2.45, 2.75) is 32.9 Å². The van der Waals surface area contributed by atoms with Crippen molar-refractivity contribution < 1.29 is 0 Å². The minimum atomic E-state index is 0.126. The van der Waals surface area contributed by atoms with Crippen molar-refractivity contribution >= 4 is 5.82 Å². The van der Waals surface area contributed by atoms with Gasteiger partial charge in [0.1, 0.15) is 5.82 Å². The molecule has 0 saturated carbocycles. The maximum Gasteiger partial charge on any atom is 0.129 e. The van der Waals surface area contributed by atoms with Gasteiger partial charge >= 0.3 is 0 Å². The van der Waals surface area contributed by atoms with Crippen LogP contribution in [-0.4, -0.2) is 17.1 Å². The summed E-state index contributed by atoms with van der Waals surface area (Å²) in [6.07, 6.45) is 1.78. The maximum atomic E-state index is 5.74. The van der Waals surface area contributed by atoms with Crippen LogP contribution in [0.1, 0.15) is 19.4 Å². The minimum Gasteiger partial charge on any atom is -0.366 e. The number of rotatable bonds is 3. The highest BCUT2D eigenvalue weighted by atomic mass is 15.0. The summed E-state index contributed by atoms with van der Waals surface area (Å²) in [5.41, 5.74) is 6.89. The molecule has 0 amide bonds. The van der Waals surface area contributed by atoms with Crippen molar-refractivity contribution in [3.05, 3.63) is 23.9 Å². The molecule has 0 spiro atoms. The molecule has 0 aliphatic carbocycles. The summed E-state index contributed by atoms with van der Waals surface area (Å²) in [7, 11) is 0. The molecule has 0 saturated heterocycles. The Bertz CT molecular complexity index is 271. The van der Waals surface area contributed by atoms with Crippen LogP contribution in [0.2, 0.25) is 0 Å². The fourth-order valence-corrected chi connectivity index (χ4v) is 0.984. The summed E-state index contributed by atoms with van der Waals surface area (Å²) in [5.74, 6) is 0.923. The SMILES string of the molecule is Cc1cccnc1NC(C)C(C)N. The number of hydrogen-bond acceptors (Lipinski definition) is 3. The summed E-state index contributed by atoms with van der Waals surface area (Å²) < 4.78 is 0. The van der Waals surface area contributed by atoms with Gasteiger partial charge in [0.15, 0.2) is 0 Å². The molecule has 72 valence electrons. The van der Waals surface area contributed by atoms with E-state index in [0.717, 1.165) is 11.4 Å². The van der Waals surface area contributed by atoms with Crippen molar-refractivity contribution in [1.82, 2.24) is 4.98 Å². The quantitative estimate of drug-likeness (QED) is 0.740. The highest BCUT2D eigenvalue weighted by Crippen LogP contribution is 2.10. The number of aromatic nitrogens is 1. The van der Waals surface area contributed by atoms with Gasteiger partial charge in [-0.15, -0.1) is 0 Å². The van der Waals surface area contributed by atoms with E-state index in [0.29, 0.717) is 0 Å². The van der Waals surface area contributed by atoms with Gasteiger partial charge in [0.25, 0.3) is 0 Å². The van der Waals surface area contributed by atoms with Crippen molar-refractivity contribution in [2.24, 2.45) is 5.73 Å². The van der Waals surface area contributed by atoms with Crippen molar-refractivity contribution in [3.63, 3.8) is 0 Å². The second-order valence-electron chi connectivity index (χ2n) is 3.46. The minimum absolute atomic E-state index is 0.126. The van der Waals surface area contributed by atoms with Gasteiger partial charge in [0, 0.05) is 18.3 Å². The van der Waals surface area contributed by atoms with E-state index in [2.05, 4.69) is 17.2 Å². The Morgan fingerprint density at radius 1 is 1.46 bits per heavy atom. The van der Waals surface area contributed by atoms with Crippen LogP contribution >= 0.6 is 0 Å². The van der Waals surface area contributed by atoms with Crippen LogP contribution in [0.15, 0.2) is 18.3 Å². The number of anilines is 1. The number of nitrogens with zero attached hydrogens (tertiary/aromatic N) is 1. The van der Waals surface area contributed by atoms with Gasteiger partial charge in [-0.2, -0.15) is 0 Å². The molecule has 2 unspecified atom stereocenters. The molecule has 0 aliphatic heterocycles. The van der Waals surface area contributed by atoms with E-state index in [-0.39, 0.29) is 12.1 Å². The fourth-order valence-electron chi connectivity index (χ4n) is 0.984. The highest BCUT2D eigenvalue weighted by molar-refractivity contribution is 5.43. The van der Waals surface area contributed by atoms with Gasteiger partial charge in [-0.25, -0.2) is 4.98 Å². The van der Waals surface area contributed by atoms with E-state index in [1.54, 1.807) is 6.20 Å². The highest BCUT2D eigenvalue weighted by Gasteiger charge is 2.08. The standard InChI is InChI=1S/C10H17N3/c1-7-5-4-6-12-10(7)13-9(3)8(2)11/h4-6,8-9H,11H2,1-3H3,(H,12,13). The molecule has 3 nitrogen and oxygen atoms in total. The molecule has 0 aliphatic rings. The lowest BCUT2D eigenvalue weighted by Gasteiger charge is -2.18. The predicted molar refractivity (Wildman–Crippen MR) is 55.7 cm³/mol. The number of aryl methyl sites for hydroxylation is 1. The van der Waals surface area contributed by atoms with E-state index in [1.165, 1.54) is 0 Å². The normalized spacial score (nSPS) is 15.1. The lowest BCUT2D eigenvalue weighted by Crippen LogP contribution is -2.35. The number of pyridine rings is 1. The van der Waals surface area contributed by atoms with Gasteiger partial charge in [-0.1, -0.05) is 6.07 Å². The largest absolute Gasteiger partial charge is 0.366 e. The molecular weight excluding hydrogens is 162 g/mol. The number of nitrogens with one attached hydrogen (secondary N) is 1. The van der Waals surface area contributed by atoms with Crippen LogP contribution in [-0.2, 0) is 0 Å². The summed E-state index contributed by atoms with van der Waals surface area (Å²) in [6.45, 7) is 6.07. The molecular formula is C10H17N3. The molecule has 2 atom stereocenters. The molecule has 0 bridgehead atoms.